The molecule has 0 aromatic heterocycles. The SMILES string of the molecule is COc1ccc(C(C)=O)cc1CN(c1ccccc1OC)S(=O)(=O)c1ccc(F)cc1. The van der Waals surface area contributed by atoms with Crippen molar-refractivity contribution in [2.24, 2.45) is 0 Å². The Kier molecular flexibility index (Phi) is 6.60. The summed E-state index contributed by atoms with van der Waals surface area (Å²) in [6.07, 6.45) is 0. The maximum absolute atomic E-state index is 13.6. The Morgan fingerprint density at radius 1 is 0.935 bits per heavy atom. The Balaban J connectivity index is 2.19. The third kappa shape index (κ3) is 4.69. The summed E-state index contributed by atoms with van der Waals surface area (Å²) < 4.78 is 52.5. The third-order valence-corrected chi connectivity index (χ3v) is 6.53. The fraction of sp³-hybridized carbons (Fsp3) is 0.174. The molecule has 0 N–H and O–H groups in total. The molecule has 3 aromatic rings. The number of hydrogen-bond donors (Lipinski definition) is 0. The number of ketones is 1. The Morgan fingerprint density at radius 2 is 1.58 bits per heavy atom. The largest absolute Gasteiger partial charge is 0.496 e. The standard InChI is InChI=1S/C23H22FNO5S/c1-16(26)17-8-13-22(29-2)18(14-17)15-25(21-6-4-5-7-23(21)30-3)31(27,28)20-11-9-19(24)10-12-20/h4-14H,15H2,1-3H3. The number of sulfonamides is 1. The normalized spacial score (nSPS) is 11.1. The molecular weight excluding hydrogens is 421 g/mol. The Hall–Kier alpha value is -3.39. The maximum Gasteiger partial charge on any atom is 0.264 e. The molecule has 162 valence electrons. The minimum Gasteiger partial charge on any atom is -0.496 e. The summed E-state index contributed by atoms with van der Waals surface area (Å²) in [7, 11) is -1.20. The number of methoxy groups -OCH3 is 2. The summed E-state index contributed by atoms with van der Waals surface area (Å²) in [5, 5.41) is 0. The predicted molar refractivity (Wildman–Crippen MR) is 116 cm³/mol. The van der Waals surface area contributed by atoms with Crippen molar-refractivity contribution in [1.82, 2.24) is 0 Å². The summed E-state index contributed by atoms with van der Waals surface area (Å²) in [5.41, 5.74) is 1.21. The number of ether oxygens (including phenoxy) is 2. The topological polar surface area (TPSA) is 72.9 Å². The molecule has 3 rings (SSSR count). The van der Waals surface area contributed by atoms with Crippen molar-refractivity contribution in [3.63, 3.8) is 0 Å². The maximum atomic E-state index is 13.6. The highest BCUT2D eigenvalue weighted by Gasteiger charge is 2.28. The average molecular weight is 443 g/mol. The van der Waals surface area contributed by atoms with E-state index in [2.05, 4.69) is 0 Å². The lowest BCUT2D eigenvalue weighted by Crippen LogP contribution is -2.31. The van der Waals surface area contributed by atoms with Crippen LogP contribution in [0.2, 0.25) is 0 Å². The molecule has 0 bridgehead atoms. The van der Waals surface area contributed by atoms with Gasteiger partial charge in [0.05, 0.1) is 31.3 Å². The quantitative estimate of drug-likeness (QED) is 0.481. The number of benzene rings is 3. The van der Waals surface area contributed by atoms with Crippen molar-refractivity contribution in [2.75, 3.05) is 18.5 Å². The van der Waals surface area contributed by atoms with Crippen molar-refractivity contribution >= 4 is 21.5 Å². The average Bonchev–Trinajstić information content (AvgIpc) is 2.77. The first-order chi connectivity index (χ1) is 14.8. The highest BCUT2D eigenvalue weighted by Crippen LogP contribution is 2.35. The van der Waals surface area contributed by atoms with Gasteiger partial charge in [-0.05, 0) is 61.5 Å². The number of nitrogens with zero attached hydrogens (tertiary/aromatic N) is 1. The lowest BCUT2D eigenvalue weighted by molar-refractivity contribution is 0.101. The molecule has 0 amide bonds. The van der Waals surface area contributed by atoms with Crippen molar-refractivity contribution in [2.45, 2.75) is 18.4 Å². The van der Waals surface area contributed by atoms with Gasteiger partial charge in [0.2, 0.25) is 0 Å². The molecule has 0 unspecified atom stereocenters. The van der Waals surface area contributed by atoms with Gasteiger partial charge in [-0.25, -0.2) is 12.8 Å². The van der Waals surface area contributed by atoms with E-state index in [4.69, 9.17) is 9.47 Å². The number of anilines is 1. The second-order valence-electron chi connectivity index (χ2n) is 6.72. The van der Waals surface area contributed by atoms with Crippen molar-refractivity contribution in [3.05, 3.63) is 83.7 Å². The number of Topliss-reactive ketones (excluding diaryl/α,β-unsaturated/α-hetero) is 1. The first-order valence-electron chi connectivity index (χ1n) is 9.37. The van der Waals surface area contributed by atoms with Gasteiger partial charge in [0, 0.05) is 11.1 Å². The number of para-hydroxylation sites is 2. The van der Waals surface area contributed by atoms with E-state index in [0.717, 1.165) is 16.4 Å². The van der Waals surface area contributed by atoms with Gasteiger partial charge in [0.1, 0.15) is 17.3 Å². The molecule has 0 spiro atoms. The summed E-state index contributed by atoms with van der Waals surface area (Å²) in [4.78, 5) is 11.8. The van der Waals surface area contributed by atoms with Gasteiger partial charge in [-0.2, -0.15) is 0 Å². The summed E-state index contributed by atoms with van der Waals surface area (Å²) in [6.45, 7) is 1.29. The number of rotatable bonds is 8. The molecule has 0 saturated heterocycles. The lowest BCUT2D eigenvalue weighted by atomic mass is 10.1. The second-order valence-corrected chi connectivity index (χ2v) is 8.58. The van der Waals surface area contributed by atoms with E-state index in [0.29, 0.717) is 28.3 Å². The summed E-state index contributed by atoms with van der Waals surface area (Å²) in [5.74, 6) is 0.0711. The van der Waals surface area contributed by atoms with Crippen LogP contribution in [-0.4, -0.2) is 28.4 Å². The molecule has 0 aliphatic heterocycles. The first kappa shape index (κ1) is 22.3. The summed E-state index contributed by atoms with van der Waals surface area (Å²) >= 11 is 0. The van der Waals surface area contributed by atoms with Crippen LogP contribution in [0.4, 0.5) is 10.1 Å². The Bertz CT molecular complexity index is 1190. The van der Waals surface area contributed by atoms with Gasteiger partial charge < -0.3 is 9.47 Å². The number of carbonyl (C=O) groups is 1. The van der Waals surface area contributed by atoms with Gasteiger partial charge in [-0.15, -0.1) is 0 Å². The van der Waals surface area contributed by atoms with Crippen LogP contribution in [0, 0.1) is 5.82 Å². The van der Waals surface area contributed by atoms with E-state index in [-0.39, 0.29) is 17.2 Å². The highest BCUT2D eigenvalue weighted by atomic mass is 32.2. The fourth-order valence-corrected chi connectivity index (χ4v) is 4.60. The molecule has 8 heteroatoms. The van der Waals surface area contributed by atoms with Crippen LogP contribution < -0.4 is 13.8 Å². The van der Waals surface area contributed by atoms with Crippen LogP contribution >= 0.6 is 0 Å². The minimum absolute atomic E-state index is 0.0819. The number of carbonyl (C=O) groups excluding carboxylic acids is 1. The molecule has 0 heterocycles. The van der Waals surface area contributed by atoms with E-state index < -0.39 is 15.8 Å². The molecule has 0 fully saturated rings. The van der Waals surface area contributed by atoms with E-state index in [9.17, 15) is 17.6 Å². The molecule has 6 nitrogen and oxygen atoms in total. The minimum atomic E-state index is -4.11. The zero-order valence-corrected chi connectivity index (χ0v) is 18.1. The smallest absolute Gasteiger partial charge is 0.264 e. The molecule has 0 aliphatic carbocycles. The zero-order valence-electron chi connectivity index (χ0n) is 17.3. The van der Waals surface area contributed by atoms with Gasteiger partial charge >= 0.3 is 0 Å². The van der Waals surface area contributed by atoms with Crippen molar-refractivity contribution in [1.29, 1.82) is 0 Å². The Morgan fingerprint density at radius 3 is 2.19 bits per heavy atom. The first-order valence-corrected chi connectivity index (χ1v) is 10.8. The molecule has 0 atom stereocenters. The van der Waals surface area contributed by atoms with Crippen LogP contribution in [0.15, 0.2) is 71.6 Å². The summed E-state index contributed by atoms with van der Waals surface area (Å²) in [6, 6.07) is 16.1. The van der Waals surface area contributed by atoms with Crippen LogP contribution in [0.1, 0.15) is 22.8 Å². The molecule has 3 aromatic carbocycles. The van der Waals surface area contributed by atoms with E-state index in [1.54, 1.807) is 42.5 Å². The molecule has 0 aliphatic rings. The second kappa shape index (κ2) is 9.18. The van der Waals surface area contributed by atoms with Crippen LogP contribution in [0.3, 0.4) is 0 Å². The van der Waals surface area contributed by atoms with E-state index in [1.165, 1.54) is 33.3 Å². The molecule has 0 saturated carbocycles. The van der Waals surface area contributed by atoms with Crippen molar-refractivity contribution in [3.8, 4) is 11.5 Å². The van der Waals surface area contributed by atoms with Crippen LogP contribution in [0.25, 0.3) is 0 Å². The predicted octanol–water partition coefficient (Wildman–Crippen LogP) is 4.44. The molecule has 31 heavy (non-hydrogen) atoms. The van der Waals surface area contributed by atoms with Gasteiger partial charge in [0.25, 0.3) is 10.0 Å². The third-order valence-electron chi connectivity index (χ3n) is 4.76. The molecule has 0 radical (unpaired) electrons. The molecular formula is C23H22FNO5S. The Labute approximate surface area is 180 Å². The van der Waals surface area contributed by atoms with Gasteiger partial charge in [0.15, 0.2) is 5.78 Å². The zero-order chi connectivity index (χ0) is 22.6. The fourth-order valence-electron chi connectivity index (χ4n) is 3.15. The number of halogens is 1. The van der Waals surface area contributed by atoms with E-state index >= 15 is 0 Å². The lowest BCUT2D eigenvalue weighted by Gasteiger charge is -2.27. The van der Waals surface area contributed by atoms with Gasteiger partial charge in [-0.1, -0.05) is 12.1 Å². The number of hydrogen-bond acceptors (Lipinski definition) is 5. The van der Waals surface area contributed by atoms with Gasteiger partial charge in [-0.3, -0.25) is 9.10 Å². The van der Waals surface area contributed by atoms with E-state index in [1.807, 2.05) is 0 Å². The van der Waals surface area contributed by atoms with Crippen LogP contribution in [-0.2, 0) is 16.6 Å². The van der Waals surface area contributed by atoms with Crippen molar-refractivity contribution < 1.29 is 27.1 Å². The monoisotopic (exact) mass is 443 g/mol. The highest BCUT2D eigenvalue weighted by molar-refractivity contribution is 7.92. The van der Waals surface area contributed by atoms with Crippen LogP contribution in [0.5, 0.6) is 11.5 Å².